The molecule has 0 aromatic heterocycles. The number of carbonyl (C=O) groups excluding carboxylic acids is 2. The molecule has 3 atom stereocenters. The summed E-state index contributed by atoms with van der Waals surface area (Å²) in [6.07, 6.45) is 8.99. The molecule has 0 spiro atoms. The van der Waals surface area contributed by atoms with E-state index < -0.39 is 58.1 Å². The molecule has 15 heteroatoms. The third-order valence-corrected chi connectivity index (χ3v) is 11.2. The molecule has 0 bridgehead atoms. The number of nitrogens with zero attached hydrogens (tertiary/aromatic N) is 1. The second kappa shape index (κ2) is 19.7. The van der Waals surface area contributed by atoms with Crippen LogP contribution in [-0.2, 0) is 24.4 Å². The highest BCUT2D eigenvalue weighted by molar-refractivity contribution is 7.98. The number of aliphatic carboxylic acids is 1. The molecule has 1 heterocycles. The number of amides is 2. The minimum absolute atomic E-state index is 0.0122. The van der Waals surface area contributed by atoms with Crippen molar-refractivity contribution in [2.45, 2.75) is 99.7 Å². The Kier molecular flexibility index (Phi) is 16.0. The van der Waals surface area contributed by atoms with Gasteiger partial charge in [0.05, 0.1) is 22.2 Å². The summed E-state index contributed by atoms with van der Waals surface area (Å²) in [5.41, 5.74) is 0.535. The van der Waals surface area contributed by atoms with E-state index in [1.165, 1.54) is 43.0 Å². The predicted octanol–water partition coefficient (Wildman–Crippen LogP) is 5.35. The summed E-state index contributed by atoms with van der Waals surface area (Å²) in [6.45, 7) is 10.5. The minimum Gasteiger partial charge on any atom is -0.508 e. The topological polar surface area (TPSA) is 195 Å². The Labute approximate surface area is 316 Å². The molecular formula is C38H52N4O9S2. The van der Waals surface area contributed by atoms with E-state index in [2.05, 4.69) is 35.8 Å². The van der Waals surface area contributed by atoms with Crippen LogP contribution < -0.4 is 25.0 Å². The smallest absolute Gasteiger partial charge is 0.328 e. The molecular weight excluding hydrogens is 721 g/mol. The number of hydrogen-bond acceptors (Lipinski definition) is 10. The summed E-state index contributed by atoms with van der Waals surface area (Å²) < 4.78 is 37.6. The molecule has 0 saturated carbocycles. The van der Waals surface area contributed by atoms with Gasteiger partial charge in [-0.3, -0.25) is 9.59 Å². The van der Waals surface area contributed by atoms with Crippen LogP contribution in [0.25, 0.3) is 0 Å². The average molecular weight is 773 g/mol. The largest absolute Gasteiger partial charge is 0.508 e. The zero-order valence-electron chi connectivity index (χ0n) is 30.9. The Morgan fingerprint density at radius 2 is 1.72 bits per heavy atom. The summed E-state index contributed by atoms with van der Waals surface area (Å²) in [4.78, 5) is 40.8. The van der Waals surface area contributed by atoms with Crippen molar-refractivity contribution in [2.24, 2.45) is 0 Å². The number of fused-ring (bicyclic) bond motifs is 1. The van der Waals surface area contributed by atoms with E-state index >= 15 is 0 Å². The van der Waals surface area contributed by atoms with E-state index in [4.69, 9.17) is 4.74 Å². The lowest BCUT2D eigenvalue weighted by atomic mass is 9.87. The number of para-hydroxylation sites is 1. The molecule has 6 N–H and O–H groups in total. The second-order valence-corrected chi connectivity index (χ2v) is 15.5. The Morgan fingerprint density at radius 3 is 2.26 bits per heavy atom. The van der Waals surface area contributed by atoms with Crippen molar-refractivity contribution in [2.75, 3.05) is 24.3 Å². The van der Waals surface area contributed by atoms with E-state index in [-0.39, 0.29) is 22.0 Å². The van der Waals surface area contributed by atoms with Crippen molar-refractivity contribution in [3.05, 3.63) is 78.6 Å². The number of benzene rings is 2. The molecule has 1 aliphatic rings. The van der Waals surface area contributed by atoms with Crippen molar-refractivity contribution in [1.29, 1.82) is 0 Å². The number of thioether (sulfide) groups is 1. The highest BCUT2D eigenvalue weighted by Crippen LogP contribution is 2.44. The van der Waals surface area contributed by atoms with Gasteiger partial charge < -0.3 is 35.6 Å². The Bertz CT molecular complexity index is 1770. The molecule has 1 aliphatic heterocycles. The van der Waals surface area contributed by atoms with Crippen LogP contribution in [0.1, 0.15) is 66.2 Å². The number of anilines is 2. The third-order valence-electron chi connectivity index (χ3n) is 8.83. The van der Waals surface area contributed by atoms with E-state index in [1.54, 1.807) is 19.2 Å². The molecule has 13 nitrogen and oxygen atoms in total. The monoisotopic (exact) mass is 772 g/mol. The van der Waals surface area contributed by atoms with Gasteiger partial charge in [0.1, 0.15) is 22.4 Å². The summed E-state index contributed by atoms with van der Waals surface area (Å²) in [5.74, 6) is -3.32. The molecule has 3 rings (SSSR count). The van der Waals surface area contributed by atoms with Crippen LogP contribution in [0.5, 0.6) is 5.75 Å². The summed E-state index contributed by atoms with van der Waals surface area (Å²) in [5, 5.41) is 33.9. The first kappa shape index (κ1) is 43.1. The summed E-state index contributed by atoms with van der Waals surface area (Å²) >= 11 is 1.30. The van der Waals surface area contributed by atoms with E-state index in [0.717, 1.165) is 31.4 Å². The van der Waals surface area contributed by atoms with Crippen molar-refractivity contribution in [3.8, 4) is 5.75 Å². The van der Waals surface area contributed by atoms with Gasteiger partial charge in [0.25, 0.3) is 5.91 Å². The van der Waals surface area contributed by atoms with Gasteiger partial charge in [-0.05, 0) is 68.9 Å². The lowest BCUT2D eigenvalue weighted by Gasteiger charge is -2.37. The number of allylic oxidation sites excluding steroid dienone is 2. The number of carboxylic acids is 1. The maximum absolute atomic E-state index is 14.3. The highest BCUT2D eigenvalue weighted by Gasteiger charge is 2.42. The molecule has 0 aliphatic carbocycles. The first-order chi connectivity index (χ1) is 25.1. The number of sulfonamides is 1. The number of hydrogen-bond donors (Lipinski definition) is 6. The molecule has 2 aromatic rings. The van der Waals surface area contributed by atoms with Crippen LogP contribution in [0, 0.1) is 0 Å². The van der Waals surface area contributed by atoms with E-state index in [9.17, 15) is 38.1 Å². The predicted molar refractivity (Wildman–Crippen MR) is 207 cm³/mol. The summed E-state index contributed by atoms with van der Waals surface area (Å²) in [7, 11) is -4.10. The van der Waals surface area contributed by atoms with Crippen molar-refractivity contribution in [1.82, 2.24) is 15.4 Å². The Hall–Kier alpha value is -4.31. The number of rotatable bonds is 19. The SMILES string of the molecule is C=C(/C=C\C(O)=C/C)[C@@H](NC(=O)COc1cc2c(cc1SC)N(c1ccccc1)CC(CCCC)(CCCC)NS2(=O)=O)C(=O)N[C@H](C(=O)O)[C@@H](C)O. The second-order valence-electron chi connectivity index (χ2n) is 13.0. The molecule has 53 heavy (non-hydrogen) atoms. The first-order valence-corrected chi connectivity index (χ1v) is 20.3. The van der Waals surface area contributed by atoms with Gasteiger partial charge in [-0.2, -0.15) is 0 Å². The zero-order chi connectivity index (χ0) is 39.3. The number of carboxylic acid groups (broad SMARTS) is 1. The third kappa shape index (κ3) is 11.6. The van der Waals surface area contributed by atoms with Gasteiger partial charge in [0.15, 0.2) is 12.6 Å². The fourth-order valence-corrected chi connectivity index (χ4v) is 8.13. The quantitative estimate of drug-likeness (QED) is 0.0613. The van der Waals surface area contributed by atoms with Crippen LogP contribution in [0.4, 0.5) is 11.4 Å². The Morgan fingerprint density at radius 1 is 1.08 bits per heavy atom. The average Bonchev–Trinajstić information content (AvgIpc) is 3.23. The molecule has 290 valence electrons. The maximum atomic E-state index is 14.3. The fraction of sp³-hybridized carbons (Fsp3) is 0.447. The summed E-state index contributed by atoms with van der Waals surface area (Å²) in [6, 6.07) is 9.53. The van der Waals surface area contributed by atoms with Gasteiger partial charge in [-0.15, -0.1) is 11.8 Å². The lowest BCUT2D eigenvalue weighted by Crippen LogP contribution is -2.55. The zero-order valence-corrected chi connectivity index (χ0v) is 32.6. The molecule has 2 aromatic carbocycles. The number of carbonyl (C=O) groups is 3. The van der Waals surface area contributed by atoms with Gasteiger partial charge in [-0.25, -0.2) is 17.9 Å². The number of nitrogens with one attached hydrogen (secondary N) is 3. The molecule has 0 unspecified atom stereocenters. The molecule has 0 fully saturated rings. The normalized spacial score (nSPS) is 16.9. The lowest BCUT2D eigenvalue weighted by molar-refractivity contribution is -0.145. The van der Waals surface area contributed by atoms with Crippen LogP contribution in [0.2, 0.25) is 0 Å². The van der Waals surface area contributed by atoms with Crippen LogP contribution >= 0.6 is 11.8 Å². The molecule has 0 saturated heterocycles. The highest BCUT2D eigenvalue weighted by atomic mass is 32.2. The molecule has 0 radical (unpaired) electrons. The molecule has 2 amide bonds. The van der Waals surface area contributed by atoms with Crippen LogP contribution in [0.3, 0.4) is 0 Å². The van der Waals surface area contributed by atoms with Crippen molar-refractivity contribution in [3.63, 3.8) is 0 Å². The number of aliphatic hydroxyl groups excluding tert-OH is 2. The standard InChI is InChI=1S/C38H52N4O9S2/c1-7-10-19-38(20-11-8-2)24-42(27-15-13-12-14-16-27)29-21-31(52-6)30(22-32(29)53(49,50)41-38)51-23-33(45)39-34(25(4)17-18-28(44)9-3)36(46)40-35(26(5)43)37(47)48/h9,12-18,21-22,26,34-35,41,43-44H,4,7-8,10-11,19-20,23-24H2,1-3,5-6H3,(H,39,45)(H,40,46)(H,47,48)/b18-17-,28-9+/t26-,34-,35+/m1/s1. The van der Waals surface area contributed by atoms with Crippen molar-refractivity contribution >= 4 is 50.9 Å². The van der Waals surface area contributed by atoms with Gasteiger partial charge in [0.2, 0.25) is 15.9 Å². The van der Waals surface area contributed by atoms with Crippen LogP contribution in [-0.4, -0.2) is 84.7 Å². The number of aliphatic hydroxyl groups is 2. The van der Waals surface area contributed by atoms with Crippen LogP contribution in [0.15, 0.2) is 88.4 Å². The minimum atomic E-state index is -4.10. The van der Waals surface area contributed by atoms with E-state index in [0.29, 0.717) is 30.0 Å². The number of ether oxygens (including phenoxy) is 1. The van der Waals surface area contributed by atoms with Crippen molar-refractivity contribution < 1.29 is 42.9 Å². The first-order valence-electron chi connectivity index (χ1n) is 17.6. The van der Waals surface area contributed by atoms with E-state index in [1.807, 2.05) is 35.2 Å². The number of unbranched alkanes of at least 4 members (excludes halogenated alkanes) is 2. The van der Waals surface area contributed by atoms with Gasteiger partial charge in [-0.1, -0.05) is 70.4 Å². The van der Waals surface area contributed by atoms with Gasteiger partial charge >= 0.3 is 5.97 Å². The van der Waals surface area contributed by atoms with Gasteiger partial charge in [0, 0.05) is 18.3 Å². The Balaban J connectivity index is 2.01. The fourth-order valence-electron chi connectivity index (χ4n) is 5.93. The maximum Gasteiger partial charge on any atom is 0.328 e.